The Morgan fingerprint density at radius 1 is 1.53 bits per heavy atom. The van der Waals surface area contributed by atoms with E-state index in [1.807, 2.05) is 6.92 Å². The summed E-state index contributed by atoms with van der Waals surface area (Å²) < 4.78 is 0. The highest BCUT2D eigenvalue weighted by atomic mass is 16.3. The molecule has 1 aromatic rings. The van der Waals surface area contributed by atoms with E-state index in [1.165, 1.54) is 0 Å². The smallest absolute Gasteiger partial charge is 0.253 e. The van der Waals surface area contributed by atoms with E-state index in [0.29, 0.717) is 17.6 Å². The molecule has 1 aliphatic rings. The van der Waals surface area contributed by atoms with E-state index in [2.05, 4.69) is 4.98 Å². The molecule has 0 spiro atoms. The monoisotopic (exact) mass is 232 g/mol. The molecule has 1 fully saturated rings. The van der Waals surface area contributed by atoms with Crippen LogP contribution in [0.2, 0.25) is 0 Å². The Morgan fingerprint density at radius 2 is 2.29 bits per heavy atom. The van der Waals surface area contributed by atoms with Crippen molar-refractivity contribution in [3.05, 3.63) is 35.2 Å². The number of likely N-dealkylation sites (N-methyl/N-ethyl adjacent to an activating group) is 1. The highest BCUT2D eigenvalue weighted by Gasteiger charge is 2.24. The number of aromatic nitrogens is 1. The van der Waals surface area contributed by atoms with Gasteiger partial charge < -0.3 is 10.0 Å². The van der Waals surface area contributed by atoms with Gasteiger partial charge in [-0.05, 0) is 31.9 Å². The van der Waals surface area contributed by atoms with Gasteiger partial charge in [-0.25, -0.2) is 0 Å². The van der Waals surface area contributed by atoms with Crippen LogP contribution in [0.15, 0.2) is 23.9 Å². The highest BCUT2D eigenvalue weighted by molar-refractivity contribution is 6.00. The molecule has 0 radical (unpaired) electrons. The number of rotatable bonds is 1. The summed E-state index contributed by atoms with van der Waals surface area (Å²) in [7, 11) is 1.75. The van der Waals surface area contributed by atoms with Gasteiger partial charge in [0, 0.05) is 31.0 Å². The Morgan fingerprint density at radius 3 is 3.00 bits per heavy atom. The van der Waals surface area contributed by atoms with Gasteiger partial charge in [0.05, 0.1) is 5.57 Å². The normalized spacial score (nSPS) is 19.4. The molecule has 2 heterocycles. The number of aliphatic hydroxyl groups is 1. The molecule has 0 aliphatic carbocycles. The van der Waals surface area contributed by atoms with E-state index < -0.39 is 0 Å². The Kier molecular flexibility index (Phi) is 3.13. The van der Waals surface area contributed by atoms with E-state index in [-0.39, 0.29) is 11.7 Å². The zero-order chi connectivity index (χ0) is 12.4. The average molecular weight is 232 g/mol. The van der Waals surface area contributed by atoms with Crippen LogP contribution in [0.5, 0.6) is 0 Å². The summed E-state index contributed by atoms with van der Waals surface area (Å²) in [4.78, 5) is 17.7. The maximum absolute atomic E-state index is 11.9. The fourth-order valence-corrected chi connectivity index (χ4v) is 2.05. The molecule has 1 amide bonds. The molecule has 1 aliphatic heterocycles. The predicted molar refractivity (Wildman–Crippen MR) is 65.4 cm³/mol. The molecular weight excluding hydrogens is 216 g/mol. The van der Waals surface area contributed by atoms with Crippen LogP contribution in [-0.4, -0.2) is 34.5 Å². The number of hydrogen-bond acceptors (Lipinski definition) is 3. The highest BCUT2D eigenvalue weighted by Crippen LogP contribution is 2.25. The molecule has 0 bridgehead atoms. The summed E-state index contributed by atoms with van der Waals surface area (Å²) in [5, 5.41) is 10.2. The van der Waals surface area contributed by atoms with Crippen LogP contribution in [0.25, 0.3) is 5.76 Å². The maximum atomic E-state index is 11.9. The number of carbonyl (C=O) groups excluding carboxylic acids is 1. The van der Waals surface area contributed by atoms with E-state index in [1.54, 1.807) is 30.3 Å². The number of pyridine rings is 1. The van der Waals surface area contributed by atoms with Crippen LogP contribution in [0.4, 0.5) is 0 Å². The number of hydrogen-bond donors (Lipinski definition) is 1. The zero-order valence-corrected chi connectivity index (χ0v) is 10.1. The van der Waals surface area contributed by atoms with Gasteiger partial charge in [-0.1, -0.05) is 0 Å². The van der Waals surface area contributed by atoms with Gasteiger partial charge in [-0.15, -0.1) is 0 Å². The van der Waals surface area contributed by atoms with Gasteiger partial charge in [0.1, 0.15) is 5.76 Å². The molecule has 0 atom stereocenters. The van der Waals surface area contributed by atoms with Crippen molar-refractivity contribution in [2.24, 2.45) is 0 Å². The van der Waals surface area contributed by atoms with Crippen LogP contribution in [0.1, 0.15) is 24.1 Å². The Balaban J connectivity index is 2.44. The summed E-state index contributed by atoms with van der Waals surface area (Å²) in [5.74, 6) is -0.0100. The van der Waals surface area contributed by atoms with Gasteiger partial charge in [0.15, 0.2) is 0 Å². The van der Waals surface area contributed by atoms with Gasteiger partial charge in [0.25, 0.3) is 5.91 Å². The third-order valence-electron chi connectivity index (χ3n) is 3.07. The molecule has 4 nitrogen and oxygen atoms in total. The third kappa shape index (κ3) is 2.16. The van der Waals surface area contributed by atoms with Crippen molar-refractivity contribution >= 4 is 11.7 Å². The number of nitrogens with zero attached hydrogens (tertiary/aromatic N) is 2. The van der Waals surface area contributed by atoms with E-state index in [9.17, 15) is 9.90 Å². The number of aliphatic hydroxyl groups excluding tert-OH is 1. The molecule has 2 rings (SSSR count). The van der Waals surface area contributed by atoms with Crippen molar-refractivity contribution in [2.45, 2.75) is 19.8 Å². The zero-order valence-electron chi connectivity index (χ0n) is 10.1. The second-order valence-corrected chi connectivity index (χ2v) is 4.29. The lowest BCUT2D eigenvalue weighted by Gasteiger charge is -2.25. The molecule has 0 saturated carbocycles. The lowest BCUT2D eigenvalue weighted by atomic mass is 9.99. The van der Waals surface area contributed by atoms with Gasteiger partial charge in [0.2, 0.25) is 0 Å². The Hall–Kier alpha value is -1.84. The average Bonchev–Trinajstić information content (AvgIpc) is 2.32. The van der Waals surface area contributed by atoms with E-state index in [0.717, 1.165) is 18.7 Å². The summed E-state index contributed by atoms with van der Waals surface area (Å²) in [6.07, 6.45) is 3.19. The second kappa shape index (κ2) is 4.57. The fourth-order valence-electron chi connectivity index (χ4n) is 2.05. The molecule has 1 saturated heterocycles. The largest absolute Gasteiger partial charge is 0.507 e. The van der Waals surface area contributed by atoms with Crippen molar-refractivity contribution < 1.29 is 9.90 Å². The predicted octanol–water partition coefficient (Wildman–Crippen LogP) is 1.91. The van der Waals surface area contributed by atoms with Crippen LogP contribution in [-0.2, 0) is 4.79 Å². The molecule has 1 aromatic heterocycles. The van der Waals surface area contributed by atoms with Gasteiger partial charge in [-0.3, -0.25) is 9.78 Å². The summed E-state index contributed by atoms with van der Waals surface area (Å²) in [5.41, 5.74) is 1.87. The first-order valence-electron chi connectivity index (χ1n) is 5.71. The lowest BCUT2D eigenvalue weighted by Crippen LogP contribution is -2.33. The molecule has 17 heavy (non-hydrogen) atoms. The first-order chi connectivity index (χ1) is 8.11. The van der Waals surface area contributed by atoms with Crippen molar-refractivity contribution in [3.63, 3.8) is 0 Å². The molecule has 4 heteroatoms. The van der Waals surface area contributed by atoms with E-state index >= 15 is 0 Å². The maximum Gasteiger partial charge on any atom is 0.253 e. The minimum absolute atomic E-state index is 0.0761. The van der Waals surface area contributed by atoms with Crippen molar-refractivity contribution in [1.29, 1.82) is 0 Å². The summed E-state index contributed by atoms with van der Waals surface area (Å²) >= 11 is 0. The Labute approximate surface area is 101 Å². The number of aryl methyl sites for hydroxylation is 1. The summed E-state index contributed by atoms with van der Waals surface area (Å²) in [6, 6.07) is 3.54. The molecule has 0 unspecified atom stereocenters. The quantitative estimate of drug-likeness (QED) is 0.594. The van der Waals surface area contributed by atoms with Crippen molar-refractivity contribution in [1.82, 2.24) is 9.88 Å². The number of likely N-dealkylation sites (tertiary alicyclic amines) is 1. The first-order valence-corrected chi connectivity index (χ1v) is 5.71. The molecule has 1 N–H and O–H groups in total. The van der Waals surface area contributed by atoms with Crippen molar-refractivity contribution in [3.8, 4) is 0 Å². The standard InChI is InChI=1S/C13H16N2O2/c1-9-10(5-3-7-14-9)12(16)11-6-4-8-15(2)13(11)17/h3,5,7,16H,4,6,8H2,1-2H3. The molecule has 90 valence electrons. The lowest BCUT2D eigenvalue weighted by molar-refractivity contribution is -0.127. The molecule has 0 aromatic carbocycles. The first kappa shape index (κ1) is 11.6. The topological polar surface area (TPSA) is 53.4 Å². The summed E-state index contributed by atoms with van der Waals surface area (Å²) in [6.45, 7) is 2.57. The number of amides is 1. The fraction of sp³-hybridized carbons (Fsp3) is 0.385. The Bertz CT molecular complexity index is 480. The van der Waals surface area contributed by atoms with Gasteiger partial charge >= 0.3 is 0 Å². The number of piperidine rings is 1. The van der Waals surface area contributed by atoms with Crippen LogP contribution < -0.4 is 0 Å². The molecular formula is C13H16N2O2. The van der Waals surface area contributed by atoms with Crippen molar-refractivity contribution in [2.75, 3.05) is 13.6 Å². The SMILES string of the molecule is Cc1ncccc1C(O)=C1CCCN(C)C1=O. The number of carbonyl (C=O) groups is 1. The van der Waals surface area contributed by atoms with Crippen LogP contribution >= 0.6 is 0 Å². The van der Waals surface area contributed by atoms with Crippen LogP contribution in [0.3, 0.4) is 0 Å². The second-order valence-electron chi connectivity index (χ2n) is 4.29. The third-order valence-corrected chi connectivity index (χ3v) is 3.07. The van der Waals surface area contributed by atoms with Crippen LogP contribution in [0, 0.1) is 6.92 Å². The van der Waals surface area contributed by atoms with Gasteiger partial charge in [-0.2, -0.15) is 0 Å². The van der Waals surface area contributed by atoms with E-state index in [4.69, 9.17) is 0 Å². The minimum atomic E-state index is -0.0861. The minimum Gasteiger partial charge on any atom is -0.507 e.